The molecule has 1 aliphatic carbocycles. The largest absolute Gasteiger partial charge is 0.487 e. The van der Waals surface area contributed by atoms with Gasteiger partial charge in [-0.1, -0.05) is 24.3 Å². The van der Waals surface area contributed by atoms with Gasteiger partial charge in [0.15, 0.2) is 6.23 Å². The number of ether oxygens (including phenoxy) is 2. The zero-order valence-electron chi connectivity index (χ0n) is 17.2. The second-order valence-corrected chi connectivity index (χ2v) is 7.97. The van der Waals surface area contributed by atoms with E-state index < -0.39 is 0 Å². The molecule has 3 aromatic rings. The Bertz CT molecular complexity index is 1020. The zero-order valence-corrected chi connectivity index (χ0v) is 17.2. The maximum absolute atomic E-state index is 6.00. The Morgan fingerprint density at radius 3 is 2.90 bits per heavy atom. The van der Waals surface area contributed by atoms with E-state index in [0.717, 1.165) is 36.6 Å². The minimum atomic E-state index is 0.00346. The van der Waals surface area contributed by atoms with E-state index in [1.165, 1.54) is 42.4 Å². The average molecular weight is 402 g/mol. The summed E-state index contributed by atoms with van der Waals surface area (Å²) in [7, 11) is 0. The fourth-order valence-electron chi connectivity index (χ4n) is 4.24. The molecule has 3 heterocycles. The second kappa shape index (κ2) is 8.84. The zero-order chi connectivity index (χ0) is 20.2. The SMILES string of the molecule is C1=C(c2cccc(COc3ccc(-c4ccnn4C4CCCCO4)nc3)c2)CCC1. The number of pyridine rings is 1. The number of rotatable bonds is 6. The van der Waals surface area contributed by atoms with Gasteiger partial charge in [-0.2, -0.15) is 5.10 Å². The predicted octanol–water partition coefficient (Wildman–Crippen LogP) is 5.79. The maximum Gasteiger partial charge on any atom is 0.150 e. The van der Waals surface area contributed by atoms with Crippen molar-refractivity contribution in [2.75, 3.05) is 6.61 Å². The van der Waals surface area contributed by atoms with Gasteiger partial charge < -0.3 is 9.47 Å². The fraction of sp³-hybridized carbons (Fsp3) is 0.360. The van der Waals surface area contributed by atoms with Crippen LogP contribution in [0.15, 0.2) is 60.9 Å². The maximum atomic E-state index is 6.00. The molecule has 5 heteroatoms. The first kappa shape index (κ1) is 19.1. The third-order valence-electron chi connectivity index (χ3n) is 5.84. The van der Waals surface area contributed by atoms with Gasteiger partial charge in [0.2, 0.25) is 0 Å². The number of allylic oxidation sites excluding steroid dienone is 2. The third-order valence-corrected chi connectivity index (χ3v) is 5.84. The molecule has 1 saturated heterocycles. The summed E-state index contributed by atoms with van der Waals surface area (Å²) in [6, 6.07) is 14.6. The average Bonchev–Trinajstić information content (AvgIpc) is 3.51. The highest BCUT2D eigenvalue weighted by molar-refractivity contribution is 5.67. The highest BCUT2D eigenvalue weighted by atomic mass is 16.5. The number of hydrogen-bond donors (Lipinski definition) is 0. The van der Waals surface area contributed by atoms with E-state index in [2.05, 4.69) is 40.4 Å². The van der Waals surface area contributed by atoms with Gasteiger partial charge in [0.1, 0.15) is 12.4 Å². The molecule has 1 atom stereocenters. The van der Waals surface area contributed by atoms with Crippen LogP contribution in [0.4, 0.5) is 0 Å². The monoisotopic (exact) mass is 401 g/mol. The van der Waals surface area contributed by atoms with Crippen molar-refractivity contribution in [3.8, 4) is 17.1 Å². The second-order valence-electron chi connectivity index (χ2n) is 7.97. The molecule has 2 aromatic heterocycles. The molecule has 0 N–H and O–H groups in total. The van der Waals surface area contributed by atoms with E-state index in [0.29, 0.717) is 6.61 Å². The molecule has 1 unspecified atom stereocenters. The van der Waals surface area contributed by atoms with Crippen molar-refractivity contribution in [1.82, 2.24) is 14.8 Å². The van der Waals surface area contributed by atoms with E-state index in [1.54, 1.807) is 6.20 Å². The van der Waals surface area contributed by atoms with Crippen LogP contribution in [0.5, 0.6) is 5.75 Å². The summed E-state index contributed by atoms with van der Waals surface area (Å²) in [4.78, 5) is 4.62. The summed E-state index contributed by atoms with van der Waals surface area (Å²) in [5.41, 5.74) is 5.81. The predicted molar refractivity (Wildman–Crippen MR) is 117 cm³/mol. The van der Waals surface area contributed by atoms with Gasteiger partial charge >= 0.3 is 0 Å². The normalized spacial score (nSPS) is 18.9. The lowest BCUT2D eigenvalue weighted by Crippen LogP contribution is -2.20. The molecule has 2 aliphatic rings. The lowest BCUT2D eigenvalue weighted by atomic mass is 10.0. The standard InChI is InChI=1S/C25H27N3O2/c1-2-8-20(7-1)21-9-5-6-19(16-21)18-30-22-11-12-23(26-17-22)24-13-14-27-28(24)25-10-3-4-15-29-25/h5-7,9,11-14,16-17,25H,1-4,8,10,15,18H2. The fourth-order valence-corrected chi connectivity index (χ4v) is 4.24. The third kappa shape index (κ3) is 4.17. The number of hydrogen-bond acceptors (Lipinski definition) is 4. The first-order valence-electron chi connectivity index (χ1n) is 10.9. The lowest BCUT2D eigenvalue weighted by Gasteiger charge is -2.24. The van der Waals surface area contributed by atoms with Gasteiger partial charge in [0.05, 0.1) is 17.6 Å². The van der Waals surface area contributed by atoms with Crippen LogP contribution in [0.25, 0.3) is 17.0 Å². The van der Waals surface area contributed by atoms with Crippen LogP contribution in [0.2, 0.25) is 0 Å². The highest BCUT2D eigenvalue weighted by Gasteiger charge is 2.20. The van der Waals surface area contributed by atoms with E-state index in [4.69, 9.17) is 9.47 Å². The molecule has 0 radical (unpaired) electrons. The van der Waals surface area contributed by atoms with Gasteiger partial charge in [-0.05, 0) is 79.5 Å². The number of nitrogens with zero attached hydrogens (tertiary/aromatic N) is 3. The van der Waals surface area contributed by atoms with Crippen molar-refractivity contribution in [3.05, 3.63) is 72.1 Å². The van der Waals surface area contributed by atoms with Gasteiger partial charge in [-0.15, -0.1) is 0 Å². The van der Waals surface area contributed by atoms with Gasteiger partial charge in [-0.25, -0.2) is 4.68 Å². The number of aromatic nitrogens is 3. The topological polar surface area (TPSA) is 49.2 Å². The Hall–Kier alpha value is -2.92. The van der Waals surface area contributed by atoms with Gasteiger partial charge in [0.25, 0.3) is 0 Å². The van der Waals surface area contributed by atoms with E-state index in [9.17, 15) is 0 Å². The quantitative estimate of drug-likeness (QED) is 0.524. The smallest absolute Gasteiger partial charge is 0.150 e. The Morgan fingerprint density at radius 2 is 2.10 bits per heavy atom. The lowest BCUT2D eigenvalue weighted by molar-refractivity contribution is -0.0384. The van der Waals surface area contributed by atoms with Crippen molar-refractivity contribution < 1.29 is 9.47 Å². The Kier molecular flexibility index (Phi) is 5.62. The minimum absolute atomic E-state index is 0.00346. The highest BCUT2D eigenvalue weighted by Crippen LogP contribution is 2.29. The molecule has 0 spiro atoms. The van der Waals surface area contributed by atoms with E-state index >= 15 is 0 Å². The van der Waals surface area contributed by atoms with Crippen LogP contribution in [-0.2, 0) is 11.3 Å². The number of benzene rings is 1. The Labute approximate surface area is 177 Å². The molecule has 1 fully saturated rings. The molecular formula is C25H27N3O2. The van der Waals surface area contributed by atoms with Crippen LogP contribution >= 0.6 is 0 Å². The molecule has 0 bridgehead atoms. The van der Waals surface area contributed by atoms with Crippen molar-refractivity contribution in [3.63, 3.8) is 0 Å². The molecule has 0 amide bonds. The molecule has 1 aliphatic heterocycles. The molecule has 1 aromatic carbocycles. The van der Waals surface area contributed by atoms with Crippen molar-refractivity contribution in [2.45, 2.75) is 51.4 Å². The van der Waals surface area contributed by atoms with Crippen molar-refractivity contribution in [1.29, 1.82) is 0 Å². The van der Waals surface area contributed by atoms with Crippen LogP contribution in [0.3, 0.4) is 0 Å². The Morgan fingerprint density at radius 1 is 1.10 bits per heavy atom. The van der Waals surface area contributed by atoms with Crippen LogP contribution in [0, 0.1) is 0 Å². The van der Waals surface area contributed by atoms with Crippen LogP contribution < -0.4 is 4.74 Å². The summed E-state index contributed by atoms with van der Waals surface area (Å²) >= 11 is 0. The molecule has 5 rings (SSSR count). The summed E-state index contributed by atoms with van der Waals surface area (Å²) in [5, 5.41) is 4.47. The first-order chi connectivity index (χ1) is 14.9. The van der Waals surface area contributed by atoms with Gasteiger partial charge in [0, 0.05) is 12.8 Å². The molecule has 5 nitrogen and oxygen atoms in total. The van der Waals surface area contributed by atoms with Gasteiger partial charge in [-0.3, -0.25) is 4.98 Å². The molecular weight excluding hydrogens is 374 g/mol. The van der Waals surface area contributed by atoms with Crippen molar-refractivity contribution >= 4 is 5.57 Å². The molecule has 154 valence electrons. The Balaban J connectivity index is 1.25. The molecule has 0 saturated carbocycles. The summed E-state index contributed by atoms with van der Waals surface area (Å²) in [5.74, 6) is 0.768. The van der Waals surface area contributed by atoms with E-state index in [-0.39, 0.29) is 6.23 Å². The first-order valence-corrected chi connectivity index (χ1v) is 10.9. The van der Waals surface area contributed by atoms with E-state index in [1.807, 2.05) is 29.1 Å². The molecule has 30 heavy (non-hydrogen) atoms. The van der Waals surface area contributed by atoms with Crippen molar-refractivity contribution in [2.24, 2.45) is 0 Å². The summed E-state index contributed by atoms with van der Waals surface area (Å²) < 4.78 is 13.8. The minimum Gasteiger partial charge on any atom is -0.487 e. The van der Waals surface area contributed by atoms with Crippen LogP contribution in [-0.4, -0.2) is 21.4 Å². The summed E-state index contributed by atoms with van der Waals surface area (Å²) in [6.45, 7) is 1.33. The summed E-state index contributed by atoms with van der Waals surface area (Å²) in [6.07, 6.45) is 12.9. The van der Waals surface area contributed by atoms with Crippen LogP contribution in [0.1, 0.15) is 55.9 Å².